The van der Waals surface area contributed by atoms with Gasteiger partial charge < -0.3 is 15.3 Å². The first kappa shape index (κ1) is 17.9. The van der Waals surface area contributed by atoms with Gasteiger partial charge in [-0.05, 0) is 35.8 Å². The minimum absolute atomic E-state index is 0.0850. The molecule has 0 bridgehead atoms. The van der Waals surface area contributed by atoms with Gasteiger partial charge in [-0.25, -0.2) is 4.79 Å². The summed E-state index contributed by atoms with van der Waals surface area (Å²) < 4.78 is 3.65. The number of halogens is 3. The van der Waals surface area contributed by atoms with E-state index in [-0.39, 0.29) is 12.2 Å². The Labute approximate surface area is 140 Å². The quantitative estimate of drug-likeness (QED) is 0.260. The highest BCUT2D eigenvalue weighted by Crippen LogP contribution is 2.31. The highest BCUT2D eigenvalue weighted by Gasteiger charge is 2.34. The van der Waals surface area contributed by atoms with E-state index in [1.54, 1.807) is 6.92 Å². The van der Waals surface area contributed by atoms with Gasteiger partial charge in [-0.2, -0.15) is 0 Å². The van der Waals surface area contributed by atoms with Crippen molar-refractivity contribution in [2.45, 2.75) is 18.2 Å². The van der Waals surface area contributed by atoms with Crippen LogP contribution in [0.15, 0.2) is 28.5 Å². The van der Waals surface area contributed by atoms with Crippen molar-refractivity contribution in [3.8, 4) is 0 Å². The van der Waals surface area contributed by atoms with E-state index in [4.69, 9.17) is 33.3 Å². The Morgan fingerprint density at radius 1 is 1.57 bits per heavy atom. The lowest BCUT2D eigenvalue weighted by Gasteiger charge is -2.18. The number of alkyl halides is 2. The Morgan fingerprint density at radius 3 is 2.67 bits per heavy atom. The average Bonchev–Trinajstić information content (AvgIpc) is 2.38. The summed E-state index contributed by atoms with van der Waals surface area (Å²) >= 11 is 14.9. The fourth-order valence-corrected chi connectivity index (χ4v) is 2.07. The maximum Gasteiger partial charge on any atom is 0.343 e. The van der Waals surface area contributed by atoms with Crippen LogP contribution in [0.1, 0.15) is 19.4 Å². The molecule has 1 heterocycles. The number of pyridine rings is 1. The summed E-state index contributed by atoms with van der Waals surface area (Å²) in [4.78, 5) is 15.9. The van der Waals surface area contributed by atoms with Crippen LogP contribution in [0, 0.1) is 5.41 Å². The number of carbonyl (C=O) groups excluding carboxylic acids is 1. The molecule has 1 aromatic heterocycles. The summed E-state index contributed by atoms with van der Waals surface area (Å²) in [5.41, 5.74) is -0.572. The number of nitrogens with one attached hydrogen (secondary N) is 1. The second kappa shape index (κ2) is 7.24. The van der Waals surface area contributed by atoms with Crippen LogP contribution >= 0.6 is 39.1 Å². The van der Waals surface area contributed by atoms with Gasteiger partial charge in [0.15, 0.2) is 4.33 Å². The third-order valence-corrected chi connectivity index (χ3v) is 3.44. The number of ether oxygens (including phenoxy) is 1. The fourth-order valence-electron chi connectivity index (χ4n) is 1.44. The zero-order chi connectivity index (χ0) is 16.2. The predicted octanol–water partition coefficient (Wildman–Crippen LogP) is 3.89. The van der Waals surface area contributed by atoms with Crippen LogP contribution in [0.3, 0.4) is 0 Å². The van der Waals surface area contributed by atoms with Crippen LogP contribution in [0.25, 0.3) is 5.76 Å². The molecule has 0 radical (unpaired) electrons. The average molecular weight is 396 g/mol. The van der Waals surface area contributed by atoms with E-state index >= 15 is 0 Å². The van der Waals surface area contributed by atoms with Crippen LogP contribution in [-0.2, 0) is 9.53 Å². The molecular weight excluding hydrogens is 383 g/mol. The summed E-state index contributed by atoms with van der Waals surface area (Å²) in [7, 11) is 0. The molecule has 0 atom stereocenters. The first-order valence-corrected chi connectivity index (χ1v) is 7.42. The van der Waals surface area contributed by atoms with Crippen molar-refractivity contribution in [1.82, 2.24) is 4.98 Å². The molecule has 0 unspecified atom stereocenters. The highest BCUT2D eigenvalue weighted by molar-refractivity contribution is 9.10. The minimum atomic E-state index is -1.66. The Bertz CT molecular complexity index is 597. The molecule has 0 amide bonds. The number of aromatic nitrogens is 1. The fraction of sp³-hybridized carbons (Fsp3) is 0.308. The Morgan fingerprint density at radius 2 is 2.19 bits per heavy atom. The Hall–Kier alpha value is -1.11. The van der Waals surface area contributed by atoms with Gasteiger partial charge in [-0.3, -0.25) is 4.98 Å². The molecule has 1 aromatic rings. The summed E-state index contributed by atoms with van der Waals surface area (Å²) in [6.07, 6.45) is 2.88. The van der Waals surface area contributed by atoms with Crippen molar-refractivity contribution in [1.29, 1.82) is 5.41 Å². The van der Waals surface area contributed by atoms with Gasteiger partial charge in [-0.1, -0.05) is 23.2 Å². The third-order valence-electron chi connectivity index (χ3n) is 2.43. The predicted molar refractivity (Wildman–Crippen MR) is 86.0 cm³/mol. The molecule has 0 fully saturated rings. The lowest BCUT2D eigenvalue weighted by atomic mass is 10.0. The number of hydrogen-bond donors (Lipinski definition) is 2. The number of hydrogen-bond acceptors (Lipinski definition) is 5. The molecule has 0 saturated heterocycles. The summed E-state index contributed by atoms with van der Waals surface area (Å²) in [5, 5.41) is 18.3. The number of carbonyl (C=O) groups is 1. The summed E-state index contributed by atoms with van der Waals surface area (Å²) in [6, 6.07) is 1.48. The van der Waals surface area contributed by atoms with E-state index in [1.807, 2.05) is 0 Å². The number of aliphatic hydroxyl groups excluding tert-OH is 1. The van der Waals surface area contributed by atoms with Crippen LogP contribution in [0.4, 0.5) is 0 Å². The van der Waals surface area contributed by atoms with E-state index in [0.29, 0.717) is 4.47 Å². The van der Waals surface area contributed by atoms with Crippen molar-refractivity contribution < 1.29 is 14.6 Å². The zero-order valence-corrected chi connectivity index (χ0v) is 14.4. The SMILES string of the molecule is CCOC(=O)/C(C(=N)C(C)(Cl)Cl)=C(/O)c1ccncc1Br. The van der Waals surface area contributed by atoms with E-state index in [0.717, 1.165) is 0 Å². The molecule has 0 spiro atoms. The number of aliphatic hydroxyl groups is 1. The van der Waals surface area contributed by atoms with E-state index in [9.17, 15) is 9.90 Å². The zero-order valence-electron chi connectivity index (χ0n) is 11.3. The summed E-state index contributed by atoms with van der Waals surface area (Å²) in [5.74, 6) is -1.34. The van der Waals surface area contributed by atoms with E-state index < -0.39 is 27.3 Å². The molecule has 8 heteroatoms. The van der Waals surface area contributed by atoms with E-state index in [2.05, 4.69) is 20.9 Å². The normalized spacial score (nSPS) is 12.6. The highest BCUT2D eigenvalue weighted by atomic mass is 79.9. The third kappa shape index (κ3) is 4.43. The van der Waals surface area contributed by atoms with E-state index in [1.165, 1.54) is 25.4 Å². The Kier molecular flexibility index (Phi) is 6.19. The molecule has 0 aromatic carbocycles. The molecule has 0 aliphatic heterocycles. The van der Waals surface area contributed by atoms with Gasteiger partial charge in [0.2, 0.25) is 0 Å². The summed E-state index contributed by atoms with van der Waals surface area (Å²) in [6.45, 7) is 3.02. The molecule has 0 saturated carbocycles. The molecule has 21 heavy (non-hydrogen) atoms. The van der Waals surface area contributed by atoms with Crippen LogP contribution in [0.5, 0.6) is 0 Å². The molecule has 5 nitrogen and oxygen atoms in total. The molecule has 2 N–H and O–H groups in total. The maximum atomic E-state index is 12.0. The van der Waals surface area contributed by atoms with Crippen LogP contribution in [-0.4, -0.2) is 32.7 Å². The lowest BCUT2D eigenvalue weighted by Crippen LogP contribution is -2.29. The van der Waals surface area contributed by atoms with Crippen LogP contribution < -0.4 is 0 Å². The number of nitrogens with zero attached hydrogens (tertiary/aromatic N) is 1. The van der Waals surface area contributed by atoms with Crippen molar-refractivity contribution in [2.24, 2.45) is 0 Å². The van der Waals surface area contributed by atoms with Gasteiger partial charge in [0, 0.05) is 22.4 Å². The van der Waals surface area contributed by atoms with Crippen molar-refractivity contribution in [2.75, 3.05) is 6.61 Å². The maximum absolute atomic E-state index is 12.0. The first-order chi connectivity index (χ1) is 9.70. The second-order valence-electron chi connectivity index (χ2n) is 4.06. The molecule has 0 aliphatic carbocycles. The molecular formula is C13H13BrCl2N2O3. The first-order valence-electron chi connectivity index (χ1n) is 5.87. The van der Waals surface area contributed by atoms with Crippen LogP contribution in [0.2, 0.25) is 0 Å². The standard InChI is InChI=1S/C13H13BrCl2N2O3/c1-3-21-12(20)9(11(17)13(2,15)16)10(19)7-4-5-18-6-8(7)14/h4-6,17,19H,3H2,1-2H3/b10-9+,17-11?. The van der Waals surface area contributed by atoms with Gasteiger partial charge in [0.25, 0.3) is 0 Å². The Balaban J connectivity index is 3.48. The smallest absolute Gasteiger partial charge is 0.343 e. The van der Waals surface area contributed by atoms with Crippen molar-refractivity contribution >= 4 is 56.6 Å². The largest absolute Gasteiger partial charge is 0.506 e. The van der Waals surface area contributed by atoms with Gasteiger partial charge in [0.1, 0.15) is 11.3 Å². The van der Waals surface area contributed by atoms with Crippen molar-refractivity contribution in [3.05, 3.63) is 34.1 Å². The van der Waals surface area contributed by atoms with Crippen molar-refractivity contribution in [3.63, 3.8) is 0 Å². The van der Waals surface area contributed by atoms with Gasteiger partial charge in [0.05, 0.1) is 12.3 Å². The number of esters is 1. The number of rotatable bonds is 5. The molecule has 1 rings (SSSR count). The molecule has 114 valence electrons. The minimum Gasteiger partial charge on any atom is -0.506 e. The lowest BCUT2D eigenvalue weighted by molar-refractivity contribution is -0.137. The topological polar surface area (TPSA) is 83.3 Å². The molecule has 0 aliphatic rings. The monoisotopic (exact) mass is 394 g/mol. The van der Waals surface area contributed by atoms with Gasteiger partial charge >= 0.3 is 5.97 Å². The second-order valence-corrected chi connectivity index (χ2v) is 6.62. The van der Waals surface area contributed by atoms with Gasteiger partial charge in [-0.15, -0.1) is 0 Å².